The van der Waals surface area contributed by atoms with Crippen LogP contribution in [-0.4, -0.2) is 49.1 Å². The Morgan fingerprint density at radius 1 is 1.11 bits per heavy atom. The molecule has 2 aliphatic heterocycles. The summed E-state index contributed by atoms with van der Waals surface area (Å²) in [5, 5.41) is 6.93. The molecule has 2 N–H and O–H groups in total. The van der Waals surface area contributed by atoms with Gasteiger partial charge in [0.05, 0.1) is 5.54 Å². The van der Waals surface area contributed by atoms with Gasteiger partial charge in [-0.3, -0.25) is 4.79 Å². The van der Waals surface area contributed by atoms with Gasteiger partial charge in [-0.15, -0.1) is 0 Å². The van der Waals surface area contributed by atoms with E-state index in [0.717, 1.165) is 52.0 Å². The van der Waals surface area contributed by atoms with E-state index in [1.165, 1.54) is 25.7 Å². The van der Waals surface area contributed by atoms with Crippen molar-refractivity contribution in [1.82, 2.24) is 15.5 Å². The van der Waals surface area contributed by atoms with Crippen LogP contribution in [0.2, 0.25) is 0 Å². The van der Waals surface area contributed by atoms with Crippen molar-refractivity contribution in [3.05, 3.63) is 0 Å². The lowest BCUT2D eigenvalue weighted by molar-refractivity contribution is -0.141. The van der Waals surface area contributed by atoms with Crippen molar-refractivity contribution in [2.24, 2.45) is 5.92 Å². The Labute approximate surface area is 116 Å². The molecule has 3 aliphatic rings. The fourth-order valence-electron chi connectivity index (χ4n) is 4.14. The molecule has 2 saturated heterocycles. The maximum absolute atomic E-state index is 12.7. The van der Waals surface area contributed by atoms with Gasteiger partial charge in [-0.1, -0.05) is 12.8 Å². The van der Waals surface area contributed by atoms with Crippen LogP contribution >= 0.6 is 0 Å². The van der Waals surface area contributed by atoms with Crippen molar-refractivity contribution in [2.75, 3.05) is 32.7 Å². The summed E-state index contributed by atoms with van der Waals surface area (Å²) in [6.07, 6.45) is 8.21. The summed E-state index contributed by atoms with van der Waals surface area (Å²) in [6, 6.07) is 0. The molecule has 1 spiro atoms. The molecular formula is C15H27N3O. The number of carbonyl (C=O) groups is 1. The highest BCUT2D eigenvalue weighted by Crippen LogP contribution is 2.32. The highest BCUT2D eigenvalue weighted by atomic mass is 16.2. The zero-order valence-corrected chi connectivity index (χ0v) is 11.9. The molecule has 1 aliphatic carbocycles. The van der Waals surface area contributed by atoms with Gasteiger partial charge < -0.3 is 15.5 Å². The van der Waals surface area contributed by atoms with E-state index in [1.807, 2.05) is 0 Å². The molecule has 1 amide bonds. The normalized spacial score (nSPS) is 27.9. The number of hydrogen-bond donors (Lipinski definition) is 2. The predicted molar refractivity (Wildman–Crippen MR) is 76.0 cm³/mol. The van der Waals surface area contributed by atoms with Gasteiger partial charge in [-0.25, -0.2) is 0 Å². The predicted octanol–water partition coefficient (Wildman–Crippen LogP) is 1.12. The fraction of sp³-hybridized carbons (Fsp3) is 0.933. The molecule has 0 radical (unpaired) electrons. The van der Waals surface area contributed by atoms with Crippen LogP contribution in [0.5, 0.6) is 0 Å². The zero-order chi connectivity index (χ0) is 13.1. The Kier molecular flexibility index (Phi) is 4.08. The molecule has 0 aromatic rings. The van der Waals surface area contributed by atoms with Crippen LogP contribution in [0.1, 0.15) is 44.9 Å². The Bertz CT molecular complexity index is 311. The molecule has 0 bridgehead atoms. The first-order valence-electron chi connectivity index (χ1n) is 8.02. The SMILES string of the molecule is O=C(CC1CCCC1)N1CCNCC12CCNCC2. The molecule has 0 unspecified atom stereocenters. The van der Waals surface area contributed by atoms with Crippen LogP contribution in [0, 0.1) is 5.92 Å². The summed E-state index contributed by atoms with van der Waals surface area (Å²) in [5.41, 5.74) is 0.110. The summed E-state index contributed by atoms with van der Waals surface area (Å²) in [6.45, 7) is 4.96. The number of piperidine rings is 1. The lowest BCUT2D eigenvalue weighted by Crippen LogP contribution is -2.66. The monoisotopic (exact) mass is 265 g/mol. The van der Waals surface area contributed by atoms with Gasteiger partial charge in [0.25, 0.3) is 0 Å². The third-order valence-corrected chi connectivity index (χ3v) is 5.31. The number of amides is 1. The number of nitrogens with one attached hydrogen (secondary N) is 2. The van der Waals surface area contributed by atoms with Gasteiger partial charge in [0.1, 0.15) is 0 Å². The molecule has 19 heavy (non-hydrogen) atoms. The van der Waals surface area contributed by atoms with Gasteiger partial charge in [-0.2, -0.15) is 0 Å². The fourth-order valence-corrected chi connectivity index (χ4v) is 4.14. The Hall–Kier alpha value is -0.610. The molecule has 1 saturated carbocycles. The standard InChI is InChI=1S/C15H27N3O/c19-14(11-13-3-1-2-4-13)18-10-9-17-12-15(18)5-7-16-8-6-15/h13,16-17H,1-12H2. The largest absolute Gasteiger partial charge is 0.334 e. The molecule has 2 heterocycles. The summed E-state index contributed by atoms with van der Waals surface area (Å²) >= 11 is 0. The minimum Gasteiger partial charge on any atom is -0.334 e. The van der Waals surface area contributed by atoms with E-state index in [9.17, 15) is 4.79 Å². The van der Waals surface area contributed by atoms with Crippen molar-refractivity contribution in [3.63, 3.8) is 0 Å². The van der Waals surface area contributed by atoms with Crippen LogP contribution < -0.4 is 10.6 Å². The Morgan fingerprint density at radius 2 is 1.84 bits per heavy atom. The van der Waals surface area contributed by atoms with E-state index in [0.29, 0.717) is 11.8 Å². The molecule has 3 rings (SSSR count). The quantitative estimate of drug-likeness (QED) is 0.786. The highest BCUT2D eigenvalue weighted by Gasteiger charge is 2.42. The average molecular weight is 265 g/mol. The van der Waals surface area contributed by atoms with E-state index >= 15 is 0 Å². The molecule has 0 atom stereocenters. The third kappa shape index (κ3) is 2.79. The molecule has 3 fully saturated rings. The van der Waals surface area contributed by atoms with Gasteiger partial charge >= 0.3 is 0 Å². The van der Waals surface area contributed by atoms with Crippen molar-refractivity contribution in [2.45, 2.75) is 50.5 Å². The average Bonchev–Trinajstić information content (AvgIpc) is 2.93. The first-order valence-corrected chi connectivity index (χ1v) is 8.02. The molecule has 0 aromatic carbocycles. The van der Waals surface area contributed by atoms with Crippen LogP contribution in [0.25, 0.3) is 0 Å². The van der Waals surface area contributed by atoms with Crippen molar-refractivity contribution in [1.29, 1.82) is 0 Å². The van der Waals surface area contributed by atoms with E-state index in [2.05, 4.69) is 15.5 Å². The second-order valence-electron chi connectivity index (χ2n) is 6.55. The number of hydrogen-bond acceptors (Lipinski definition) is 3. The van der Waals surface area contributed by atoms with Gasteiger partial charge in [-0.05, 0) is 44.7 Å². The number of nitrogens with zero attached hydrogens (tertiary/aromatic N) is 1. The highest BCUT2D eigenvalue weighted by molar-refractivity contribution is 5.77. The topological polar surface area (TPSA) is 44.4 Å². The number of piperazine rings is 1. The second-order valence-corrected chi connectivity index (χ2v) is 6.55. The van der Waals surface area contributed by atoms with Gasteiger partial charge in [0.15, 0.2) is 0 Å². The summed E-state index contributed by atoms with van der Waals surface area (Å²) in [4.78, 5) is 14.9. The summed E-state index contributed by atoms with van der Waals surface area (Å²) in [5.74, 6) is 1.09. The van der Waals surface area contributed by atoms with Crippen molar-refractivity contribution >= 4 is 5.91 Å². The van der Waals surface area contributed by atoms with Crippen LogP contribution in [0.15, 0.2) is 0 Å². The van der Waals surface area contributed by atoms with E-state index in [4.69, 9.17) is 0 Å². The first kappa shape index (κ1) is 13.4. The molecule has 0 aromatic heterocycles. The summed E-state index contributed by atoms with van der Waals surface area (Å²) < 4.78 is 0. The summed E-state index contributed by atoms with van der Waals surface area (Å²) in [7, 11) is 0. The molecule has 108 valence electrons. The van der Waals surface area contributed by atoms with Crippen molar-refractivity contribution < 1.29 is 4.79 Å². The Morgan fingerprint density at radius 3 is 2.58 bits per heavy atom. The van der Waals surface area contributed by atoms with E-state index in [-0.39, 0.29) is 5.54 Å². The van der Waals surface area contributed by atoms with Gasteiger partial charge in [0.2, 0.25) is 5.91 Å². The maximum atomic E-state index is 12.7. The Balaban J connectivity index is 1.66. The smallest absolute Gasteiger partial charge is 0.223 e. The number of carbonyl (C=O) groups excluding carboxylic acids is 1. The first-order chi connectivity index (χ1) is 9.30. The lowest BCUT2D eigenvalue weighted by atomic mass is 9.84. The molecular weight excluding hydrogens is 238 g/mol. The molecule has 4 heteroatoms. The minimum atomic E-state index is 0.110. The second kappa shape index (κ2) is 5.80. The van der Waals surface area contributed by atoms with E-state index < -0.39 is 0 Å². The lowest BCUT2D eigenvalue weighted by Gasteiger charge is -2.50. The zero-order valence-electron chi connectivity index (χ0n) is 11.9. The minimum absolute atomic E-state index is 0.110. The van der Waals surface area contributed by atoms with Crippen LogP contribution in [0.3, 0.4) is 0 Å². The van der Waals surface area contributed by atoms with Crippen LogP contribution in [-0.2, 0) is 4.79 Å². The third-order valence-electron chi connectivity index (χ3n) is 5.31. The van der Waals surface area contributed by atoms with E-state index in [1.54, 1.807) is 0 Å². The number of rotatable bonds is 2. The maximum Gasteiger partial charge on any atom is 0.223 e. The van der Waals surface area contributed by atoms with Crippen molar-refractivity contribution in [3.8, 4) is 0 Å². The van der Waals surface area contributed by atoms with Gasteiger partial charge in [0, 0.05) is 26.1 Å². The van der Waals surface area contributed by atoms with Crippen LogP contribution in [0.4, 0.5) is 0 Å². The molecule has 4 nitrogen and oxygen atoms in total.